The number of hydrogen-bond donors (Lipinski definition) is 0. The monoisotopic (exact) mass is 342 g/mol. The average molecular weight is 342 g/mol. The molecule has 1 saturated heterocycles. The summed E-state index contributed by atoms with van der Waals surface area (Å²) in [5.41, 5.74) is 2.28. The van der Waals surface area contributed by atoms with Gasteiger partial charge in [0.15, 0.2) is 0 Å². The Morgan fingerprint density at radius 2 is 2.12 bits per heavy atom. The molecule has 6 nitrogen and oxygen atoms in total. The first-order chi connectivity index (χ1) is 12.3. The molecule has 0 aromatic carbocycles. The van der Waals surface area contributed by atoms with E-state index in [0.717, 1.165) is 57.9 Å². The van der Waals surface area contributed by atoms with Crippen molar-refractivity contribution >= 4 is 0 Å². The lowest BCUT2D eigenvalue weighted by Crippen LogP contribution is -2.38. The molecule has 1 fully saturated rings. The first-order valence-corrected chi connectivity index (χ1v) is 9.17. The van der Waals surface area contributed by atoms with Crippen LogP contribution in [0.3, 0.4) is 0 Å². The maximum atomic E-state index is 6.15. The third-order valence-corrected chi connectivity index (χ3v) is 5.07. The SMILES string of the molecule is Cc1ccnc(O[C@@H]2CN(CC3CCOCC3)Cc3cccn3C2)n1. The number of ether oxygens (including phenoxy) is 2. The number of hydrogen-bond acceptors (Lipinski definition) is 5. The fraction of sp³-hybridized carbons (Fsp3) is 0.579. The van der Waals surface area contributed by atoms with Crippen LogP contribution in [-0.4, -0.2) is 51.8 Å². The van der Waals surface area contributed by atoms with Gasteiger partial charge < -0.3 is 14.0 Å². The molecule has 2 aliphatic rings. The number of fused-ring (bicyclic) bond motifs is 1. The fourth-order valence-electron chi connectivity index (χ4n) is 3.77. The minimum atomic E-state index is 0.0512. The lowest BCUT2D eigenvalue weighted by atomic mass is 9.99. The van der Waals surface area contributed by atoms with E-state index in [2.05, 4.69) is 37.8 Å². The van der Waals surface area contributed by atoms with Crippen molar-refractivity contribution in [1.29, 1.82) is 0 Å². The van der Waals surface area contributed by atoms with E-state index in [1.165, 1.54) is 5.69 Å². The first-order valence-electron chi connectivity index (χ1n) is 9.17. The molecular weight excluding hydrogens is 316 g/mol. The summed E-state index contributed by atoms with van der Waals surface area (Å²) in [5.74, 6) is 0.714. The summed E-state index contributed by atoms with van der Waals surface area (Å²) in [6.07, 6.45) is 6.26. The molecule has 0 bridgehead atoms. The molecule has 134 valence electrons. The molecule has 1 atom stereocenters. The van der Waals surface area contributed by atoms with E-state index in [1.54, 1.807) is 6.20 Å². The van der Waals surface area contributed by atoms with Crippen molar-refractivity contribution < 1.29 is 9.47 Å². The Hall–Kier alpha value is -1.92. The highest BCUT2D eigenvalue weighted by molar-refractivity contribution is 5.10. The van der Waals surface area contributed by atoms with E-state index in [-0.39, 0.29) is 6.10 Å². The summed E-state index contributed by atoms with van der Waals surface area (Å²) in [5, 5.41) is 0. The summed E-state index contributed by atoms with van der Waals surface area (Å²) in [7, 11) is 0. The van der Waals surface area contributed by atoms with Crippen LogP contribution >= 0.6 is 0 Å². The summed E-state index contributed by atoms with van der Waals surface area (Å²) in [4.78, 5) is 11.2. The van der Waals surface area contributed by atoms with Crippen molar-refractivity contribution in [2.24, 2.45) is 5.92 Å². The first kappa shape index (κ1) is 16.5. The van der Waals surface area contributed by atoms with Crippen molar-refractivity contribution in [3.8, 4) is 6.01 Å². The second-order valence-corrected chi connectivity index (χ2v) is 7.12. The zero-order valence-corrected chi connectivity index (χ0v) is 14.8. The minimum Gasteiger partial charge on any atom is -0.457 e. The molecule has 4 rings (SSSR count). The number of aryl methyl sites for hydroxylation is 1. The van der Waals surface area contributed by atoms with Gasteiger partial charge in [0, 0.05) is 56.6 Å². The summed E-state index contributed by atoms with van der Waals surface area (Å²) in [6.45, 7) is 7.56. The van der Waals surface area contributed by atoms with Gasteiger partial charge in [0.05, 0.1) is 6.54 Å². The molecule has 6 heteroatoms. The zero-order chi connectivity index (χ0) is 17.1. The largest absolute Gasteiger partial charge is 0.457 e. The van der Waals surface area contributed by atoms with Gasteiger partial charge in [0.2, 0.25) is 0 Å². The highest BCUT2D eigenvalue weighted by atomic mass is 16.5. The van der Waals surface area contributed by atoms with E-state index in [0.29, 0.717) is 11.9 Å². The van der Waals surface area contributed by atoms with Crippen LogP contribution < -0.4 is 4.74 Å². The van der Waals surface area contributed by atoms with Gasteiger partial charge in [-0.1, -0.05) is 0 Å². The van der Waals surface area contributed by atoms with Gasteiger partial charge in [-0.3, -0.25) is 4.90 Å². The van der Waals surface area contributed by atoms with Gasteiger partial charge >= 0.3 is 6.01 Å². The van der Waals surface area contributed by atoms with Gasteiger partial charge in [-0.25, -0.2) is 9.97 Å². The second kappa shape index (κ2) is 7.54. The highest BCUT2D eigenvalue weighted by Gasteiger charge is 2.26. The van der Waals surface area contributed by atoms with Gasteiger partial charge in [-0.15, -0.1) is 0 Å². The molecule has 0 spiro atoms. The van der Waals surface area contributed by atoms with Gasteiger partial charge in [0.1, 0.15) is 6.10 Å². The van der Waals surface area contributed by atoms with Crippen LogP contribution in [0.15, 0.2) is 30.6 Å². The molecule has 0 amide bonds. The van der Waals surface area contributed by atoms with Crippen LogP contribution in [0, 0.1) is 12.8 Å². The van der Waals surface area contributed by atoms with Crippen LogP contribution in [0.5, 0.6) is 6.01 Å². The van der Waals surface area contributed by atoms with E-state index < -0.39 is 0 Å². The van der Waals surface area contributed by atoms with E-state index in [9.17, 15) is 0 Å². The normalized spacial score (nSPS) is 22.4. The van der Waals surface area contributed by atoms with Gasteiger partial charge in [-0.2, -0.15) is 0 Å². The third kappa shape index (κ3) is 4.19. The minimum absolute atomic E-state index is 0.0512. The zero-order valence-electron chi connectivity index (χ0n) is 14.8. The van der Waals surface area contributed by atoms with Crippen molar-refractivity contribution in [2.45, 2.75) is 39.0 Å². The second-order valence-electron chi connectivity index (χ2n) is 7.12. The lowest BCUT2D eigenvalue weighted by molar-refractivity contribution is 0.0434. The Labute approximate surface area is 148 Å². The smallest absolute Gasteiger partial charge is 0.316 e. The van der Waals surface area contributed by atoms with Crippen LogP contribution in [0.4, 0.5) is 0 Å². The molecule has 0 N–H and O–H groups in total. The van der Waals surface area contributed by atoms with Crippen LogP contribution in [0.2, 0.25) is 0 Å². The molecule has 4 heterocycles. The topological polar surface area (TPSA) is 52.4 Å². The molecule has 0 unspecified atom stereocenters. The van der Waals surface area contributed by atoms with Crippen LogP contribution in [-0.2, 0) is 17.8 Å². The van der Waals surface area contributed by atoms with Crippen molar-refractivity contribution in [2.75, 3.05) is 26.3 Å². The van der Waals surface area contributed by atoms with Crippen molar-refractivity contribution in [1.82, 2.24) is 19.4 Å². The van der Waals surface area contributed by atoms with Crippen LogP contribution in [0.1, 0.15) is 24.2 Å². The van der Waals surface area contributed by atoms with Gasteiger partial charge in [-0.05, 0) is 43.9 Å². The summed E-state index contributed by atoms with van der Waals surface area (Å²) in [6, 6.07) is 6.70. The Kier molecular flexibility index (Phi) is 4.99. The fourth-order valence-corrected chi connectivity index (χ4v) is 3.77. The quantitative estimate of drug-likeness (QED) is 0.853. The highest BCUT2D eigenvalue weighted by Crippen LogP contribution is 2.21. The molecule has 0 saturated carbocycles. The maximum absolute atomic E-state index is 6.15. The Morgan fingerprint density at radius 3 is 2.96 bits per heavy atom. The summed E-state index contributed by atoms with van der Waals surface area (Å²) < 4.78 is 14.0. The Balaban J connectivity index is 1.48. The Morgan fingerprint density at radius 1 is 1.24 bits per heavy atom. The van der Waals surface area contributed by atoms with Crippen molar-refractivity contribution in [3.05, 3.63) is 42.0 Å². The predicted octanol–water partition coefficient (Wildman–Crippen LogP) is 2.28. The standard InChI is InChI=1S/C19H26N4O2/c1-15-4-7-20-19(21-15)25-18-13-22(11-16-5-9-24-10-6-16)12-17-3-2-8-23(17)14-18/h2-4,7-8,16,18H,5-6,9-14H2,1H3/t18-/m1/s1. The van der Waals surface area contributed by atoms with Crippen molar-refractivity contribution in [3.63, 3.8) is 0 Å². The van der Waals surface area contributed by atoms with Gasteiger partial charge in [0.25, 0.3) is 0 Å². The molecule has 0 radical (unpaired) electrons. The molecule has 2 aliphatic heterocycles. The molecule has 25 heavy (non-hydrogen) atoms. The molecule has 0 aliphatic carbocycles. The number of aromatic nitrogens is 3. The van der Waals surface area contributed by atoms with E-state index >= 15 is 0 Å². The number of rotatable bonds is 4. The Bertz CT molecular complexity index is 696. The van der Waals surface area contributed by atoms with Crippen LogP contribution in [0.25, 0.3) is 0 Å². The maximum Gasteiger partial charge on any atom is 0.316 e. The lowest BCUT2D eigenvalue weighted by Gasteiger charge is -2.30. The average Bonchev–Trinajstić information content (AvgIpc) is 2.96. The van der Waals surface area contributed by atoms with E-state index in [1.807, 2.05) is 13.0 Å². The predicted molar refractivity (Wildman–Crippen MR) is 94.4 cm³/mol. The third-order valence-electron chi connectivity index (χ3n) is 5.07. The summed E-state index contributed by atoms with van der Waals surface area (Å²) >= 11 is 0. The molecular formula is C19H26N4O2. The van der Waals surface area contributed by atoms with E-state index in [4.69, 9.17) is 9.47 Å². The number of nitrogens with zero attached hydrogens (tertiary/aromatic N) is 4. The molecule has 2 aromatic heterocycles. The molecule has 2 aromatic rings.